The van der Waals surface area contributed by atoms with Gasteiger partial charge < -0.3 is 15.1 Å². The fraction of sp³-hybridized carbons (Fsp3) is 0.500. The minimum Gasteiger partial charge on any atom is -0.355 e. The number of benzene rings is 1. The van der Waals surface area contributed by atoms with Crippen LogP contribution in [0.15, 0.2) is 24.3 Å². The second kappa shape index (κ2) is 9.43. The summed E-state index contributed by atoms with van der Waals surface area (Å²) in [5.41, 5.74) is 0.993. The summed E-state index contributed by atoms with van der Waals surface area (Å²) >= 11 is 5.85. The molecule has 5 nitrogen and oxygen atoms in total. The maximum Gasteiger partial charge on any atom is 0.221 e. The number of nitrogens with one attached hydrogen (secondary N) is 1. The lowest BCUT2D eigenvalue weighted by molar-refractivity contribution is -0.130. The third kappa shape index (κ3) is 7.43. The van der Waals surface area contributed by atoms with E-state index in [1.165, 1.54) is 6.92 Å². The molecule has 1 rings (SSSR count). The Morgan fingerprint density at radius 3 is 2.32 bits per heavy atom. The van der Waals surface area contributed by atoms with Crippen molar-refractivity contribution >= 4 is 23.4 Å². The Labute approximate surface area is 137 Å². The van der Waals surface area contributed by atoms with Crippen LogP contribution in [0.2, 0.25) is 5.02 Å². The van der Waals surface area contributed by atoms with Crippen LogP contribution in [-0.4, -0.2) is 55.3 Å². The summed E-state index contributed by atoms with van der Waals surface area (Å²) in [5, 5.41) is 3.51. The average molecular weight is 326 g/mol. The maximum absolute atomic E-state index is 11.8. The van der Waals surface area contributed by atoms with Gasteiger partial charge in [-0.1, -0.05) is 23.7 Å². The molecule has 0 fully saturated rings. The number of amides is 2. The molecule has 122 valence electrons. The lowest BCUT2D eigenvalue weighted by Crippen LogP contribution is -2.35. The van der Waals surface area contributed by atoms with E-state index in [9.17, 15) is 9.59 Å². The third-order valence-electron chi connectivity index (χ3n) is 3.22. The van der Waals surface area contributed by atoms with Crippen LogP contribution in [0, 0.1) is 0 Å². The quantitative estimate of drug-likeness (QED) is 0.792. The number of carbonyl (C=O) groups is 2. The standard InChI is InChI=1S/C16H24ClN3O2/c1-13(21)20(12-14-4-6-15(17)7-5-14)10-8-16(22)18-9-11-19(2)3/h4-7H,8-12H2,1-3H3,(H,18,22). The van der Waals surface area contributed by atoms with Gasteiger partial charge in [0, 0.05) is 44.5 Å². The second-order valence-electron chi connectivity index (χ2n) is 5.47. The van der Waals surface area contributed by atoms with Gasteiger partial charge in [0.1, 0.15) is 0 Å². The first kappa shape index (κ1) is 18.5. The molecular formula is C16H24ClN3O2. The van der Waals surface area contributed by atoms with Crippen molar-refractivity contribution in [2.24, 2.45) is 0 Å². The summed E-state index contributed by atoms with van der Waals surface area (Å²) in [6.45, 7) is 3.82. The lowest BCUT2D eigenvalue weighted by atomic mass is 10.2. The number of hydrogen-bond acceptors (Lipinski definition) is 3. The molecule has 0 atom stereocenters. The Morgan fingerprint density at radius 1 is 1.14 bits per heavy atom. The molecule has 0 saturated heterocycles. The summed E-state index contributed by atoms with van der Waals surface area (Å²) in [6, 6.07) is 7.36. The molecule has 22 heavy (non-hydrogen) atoms. The van der Waals surface area contributed by atoms with Crippen LogP contribution >= 0.6 is 11.6 Å². The number of carbonyl (C=O) groups excluding carboxylic acids is 2. The Kier molecular flexibility index (Phi) is 7.91. The zero-order valence-electron chi connectivity index (χ0n) is 13.4. The third-order valence-corrected chi connectivity index (χ3v) is 3.47. The Hall–Kier alpha value is -1.59. The van der Waals surface area contributed by atoms with Gasteiger partial charge in [-0.3, -0.25) is 9.59 Å². The van der Waals surface area contributed by atoms with Crippen molar-refractivity contribution in [3.05, 3.63) is 34.9 Å². The van der Waals surface area contributed by atoms with Crippen molar-refractivity contribution in [1.82, 2.24) is 15.1 Å². The van der Waals surface area contributed by atoms with Gasteiger partial charge in [0.05, 0.1) is 0 Å². The van der Waals surface area contributed by atoms with E-state index in [1.54, 1.807) is 17.0 Å². The molecule has 0 heterocycles. The van der Waals surface area contributed by atoms with E-state index in [2.05, 4.69) is 5.32 Å². The maximum atomic E-state index is 11.8. The minimum absolute atomic E-state index is 0.0378. The molecule has 0 aromatic heterocycles. The van der Waals surface area contributed by atoms with Crippen LogP contribution < -0.4 is 5.32 Å². The van der Waals surface area contributed by atoms with Crippen molar-refractivity contribution in [2.45, 2.75) is 19.9 Å². The van der Waals surface area contributed by atoms with E-state index >= 15 is 0 Å². The number of halogens is 1. The predicted molar refractivity (Wildman–Crippen MR) is 88.7 cm³/mol. The van der Waals surface area contributed by atoms with Gasteiger partial charge in [0.15, 0.2) is 0 Å². The molecule has 1 N–H and O–H groups in total. The smallest absolute Gasteiger partial charge is 0.221 e. The van der Waals surface area contributed by atoms with Crippen LogP contribution in [0.3, 0.4) is 0 Å². The van der Waals surface area contributed by atoms with Crippen molar-refractivity contribution in [3.8, 4) is 0 Å². The van der Waals surface area contributed by atoms with Gasteiger partial charge in [-0.15, -0.1) is 0 Å². The van der Waals surface area contributed by atoms with Crippen molar-refractivity contribution in [3.63, 3.8) is 0 Å². The first-order valence-electron chi connectivity index (χ1n) is 7.30. The van der Waals surface area contributed by atoms with E-state index in [0.717, 1.165) is 12.1 Å². The number of likely N-dealkylation sites (N-methyl/N-ethyl adjacent to an activating group) is 1. The van der Waals surface area contributed by atoms with Gasteiger partial charge in [-0.05, 0) is 31.8 Å². The van der Waals surface area contributed by atoms with E-state index in [1.807, 2.05) is 31.1 Å². The normalized spacial score (nSPS) is 10.6. The van der Waals surface area contributed by atoms with Crippen LogP contribution in [0.1, 0.15) is 18.9 Å². The Bertz CT molecular complexity index is 489. The molecule has 0 aliphatic rings. The summed E-state index contributed by atoms with van der Waals surface area (Å²) in [6.07, 6.45) is 0.306. The summed E-state index contributed by atoms with van der Waals surface area (Å²) in [7, 11) is 3.91. The van der Waals surface area contributed by atoms with E-state index < -0.39 is 0 Å². The fourth-order valence-corrected chi connectivity index (χ4v) is 2.03. The Morgan fingerprint density at radius 2 is 1.77 bits per heavy atom. The Balaban J connectivity index is 2.42. The molecule has 0 bridgehead atoms. The number of hydrogen-bond donors (Lipinski definition) is 1. The van der Waals surface area contributed by atoms with Crippen LogP contribution in [-0.2, 0) is 16.1 Å². The van der Waals surface area contributed by atoms with E-state index in [0.29, 0.717) is 31.1 Å². The zero-order chi connectivity index (χ0) is 16.5. The van der Waals surface area contributed by atoms with Gasteiger partial charge in [0.25, 0.3) is 0 Å². The van der Waals surface area contributed by atoms with Crippen molar-refractivity contribution in [2.75, 3.05) is 33.7 Å². The van der Waals surface area contributed by atoms with Gasteiger partial charge >= 0.3 is 0 Å². The predicted octanol–water partition coefficient (Wildman–Crippen LogP) is 1.76. The molecule has 2 amide bonds. The molecule has 0 saturated carbocycles. The van der Waals surface area contributed by atoms with Crippen LogP contribution in [0.4, 0.5) is 0 Å². The highest BCUT2D eigenvalue weighted by Gasteiger charge is 2.11. The fourth-order valence-electron chi connectivity index (χ4n) is 1.90. The van der Waals surface area contributed by atoms with E-state index in [4.69, 9.17) is 11.6 Å². The first-order valence-corrected chi connectivity index (χ1v) is 7.67. The SMILES string of the molecule is CC(=O)N(CCC(=O)NCCN(C)C)Cc1ccc(Cl)cc1. The minimum atomic E-state index is -0.0453. The largest absolute Gasteiger partial charge is 0.355 e. The monoisotopic (exact) mass is 325 g/mol. The average Bonchev–Trinajstić information content (AvgIpc) is 2.44. The molecular weight excluding hydrogens is 302 g/mol. The van der Waals surface area contributed by atoms with Gasteiger partial charge in [-0.25, -0.2) is 0 Å². The summed E-state index contributed by atoms with van der Waals surface area (Å²) in [5.74, 6) is -0.0831. The molecule has 1 aromatic rings. The molecule has 0 unspecified atom stereocenters. The molecule has 6 heteroatoms. The highest BCUT2D eigenvalue weighted by molar-refractivity contribution is 6.30. The van der Waals surface area contributed by atoms with Crippen LogP contribution in [0.25, 0.3) is 0 Å². The molecule has 0 aliphatic heterocycles. The summed E-state index contributed by atoms with van der Waals surface area (Å²) < 4.78 is 0. The topological polar surface area (TPSA) is 52.7 Å². The van der Waals surface area contributed by atoms with Crippen LogP contribution in [0.5, 0.6) is 0 Å². The molecule has 0 radical (unpaired) electrons. The second-order valence-corrected chi connectivity index (χ2v) is 5.91. The number of rotatable bonds is 8. The highest BCUT2D eigenvalue weighted by atomic mass is 35.5. The van der Waals surface area contributed by atoms with Crippen molar-refractivity contribution < 1.29 is 9.59 Å². The van der Waals surface area contributed by atoms with Gasteiger partial charge in [-0.2, -0.15) is 0 Å². The first-order chi connectivity index (χ1) is 10.4. The molecule has 0 aliphatic carbocycles. The molecule has 1 aromatic carbocycles. The highest BCUT2D eigenvalue weighted by Crippen LogP contribution is 2.11. The summed E-state index contributed by atoms with van der Waals surface area (Å²) in [4.78, 5) is 27.1. The van der Waals surface area contributed by atoms with Gasteiger partial charge in [0.2, 0.25) is 11.8 Å². The van der Waals surface area contributed by atoms with Crippen molar-refractivity contribution in [1.29, 1.82) is 0 Å². The molecule has 0 spiro atoms. The lowest BCUT2D eigenvalue weighted by Gasteiger charge is -2.21. The number of nitrogens with zero attached hydrogens (tertiary/aromatic N) is 2. The van der Waals surface area contributed by atoms with E-state index in [-0.39, 0.29) is 11.8 Å². The zero-order valence-corrected chi connectivity index (χ0v) is 14.2.